The lowest BCUT2D eigenvalue weighted by molar-refractivity contribution is 0.233. The van der Waals surface area contributed by atoms with Crippen molar-refractivity contribution in [3.05, 3.63) is 24.3 Å². The lowest BCUT2D eigenvalue weighted by atomic mass is 10.0. The molecule has 0 aliphatic carbocycles. The highest BCUT2D eigenvalue weighted by Gasteiger charge is 2.06. The molecule has 1 unspecified atom stereocenters. The number of hydrogen-bond donors (Lipinski definition) is 1. The van der Waals surface area contributed by atoms with Crippen LogP contribution in [0.25, 0.3) is 0 Å². The van der Waals surface area contributed by atoms with Crippen LogP contribution in [0.4, 0.5) is 5.69 Å². The second-order valence-electron chi connectivity index (χ2n) is 4.48. The van der Waals surface area contributed by atoms with Gasteiger partial charge >= 0.3 is 6.41 Å². The average Bonchev–Trinajstić information content (AvgIpc) is 2.41. The lowest BCUT2D eigenvalue weighted by Crippen LogP contribution is -2.11. The monoisotopic (exact) mass is 248 g/mol. The maximum absolute atomic E-state index is 10.1. The van der Waals surface area contributed by atoms with Gasteiger partial charge in [-0.05, 0) is 36.6 Å². The first kappa shape index (κ1) is 14.6. The van der Waals surface area contributed by atoms with Gasteiger partial charge in [0.1, 0.15) is 5.75 Å². The molecule has 0 aliphatic rings. The Labute approximate surface area is 110 Å². The average molecular weight is 248 g/mol. The van der Waals surface area contributed by atoms with E-state index in [1.807, 2.05) is 24.3 Å². The van der Waals surface area contributed by atoms with Crippen molar-refractivity contribution in [3.8, 4) is 5.75 Å². The number of nitrogens with one attached hydrogen (secondary N) is 1. The summed E-state index contributed by atoms with van der Waals surface area (Å²) in [5, 5.41) is 2.48. The van der Waals surface area contributed by atoms with Gasteiger partial charge in [0, 0.05) is 5.69 Å². The number of benzene rings is 1. The Morgan fingerprint density at radius 1 is 1.28 bits per heavy atom. The Balaban J connectivity index is 2.39. The highest BCUT2D eigenvalue weighted by Crippen LogP contribution is 2.18. The van der Waals surface area contributed by atoms with E-state index in [1.54, 1.807) is 6.41 Å². The molecule has 1 amide bonds. The third-order valence-electron chi connectivity index (χ3n) is 3.08. The molecule has 0 saturated carbocycles. The van der Waals surface area contributed by atoms with Crippen molar-refractivity contribution < 1.29 is 9.53 Å². The molecule has 0 aromatic heterocycles. The third-order valence-corrected chi connectivity index (χ3v) is 3.08. The van der Waals surface area contributed by atoms with Crippen molar-refractivity contribution in [3.63, 3.8) is 0 Å². The van der Waals surface area contributed by atoms with E-state index < -0.39 is 0 Å². The van der Waals surface area contributed by atoms with E-state index in [9.17, 15) is 4.79 Å². The topological polar surface area (TPSA) is 38.3 Å². The SMILES string of the molecule is CCCCC(CC)COc1ccc(N[C]=O)cc1. The molecule has 0 spiro atoms. The Kier molecular flexibility index (Phi) is 6.92. The first-order valence-electron chi connectivity index (χ1n) is 6.66. The van der Waals surface area contributed by atoms with Crippen LogP contribution in [0.1, 0.15) is 39.5 Å². The van der Waals surface area contributed by atoms with Gasteiger partial charge in [0.05, 0.1) is 6.61 Å². The van der Waals surface area contributed by atoms with Crippen molar-refractivity contribution in [1.82, 2.24) is 0 Å². The predicted octanol–water partition coefficient (Wildman–Crippen LogP) is 3.76. The van der Waals surface area contributed by atoms with E-state index in [0.29, 0.717) is 5.92 Å². The summed E-state index contributed by atoms with van der Waals surface area (Å²) in [5.74, 6) is 1.48. The molecular weight excluding hydrogens is 226 g/mol. The molecule has 1 atom stereocenters. The number of anilines is 1. The smallest absolute Gasteiger partial charge is 0.314 e. The number of ether oxygens (including phenoxy) is 1. The molecule has 0 saturated heterocycles. The van der Waals surface area contributed by atoms with Gasteiger partial charge in [0.2, 0.25) is 0 Å². The summed E-state index contributed by atoms with van der Waals surface area (Å²) in [7, 11) is 0. The molecule has 0 fully saturated rings. The van der Waals surface area contributed by atoms with Gasteiger partial charge in [0.25, 0.3) is 0 Å². The Morgan fingerprint density at radius 2 is 2.00 bits per heavy atom. The van der Waals surface area contributed by atoms with E-state index in [2.05, 4.69) is 19.2 Å². The summed E-state index contributed by atoms with van der Waals surface area (Å²) < 4.78 is 5.76. The van der Waals surface area contributed by atoms with Crippen molar-refractivity contribution in [2.24, 2.45) is 5.92 Å². The molecule has 1 aromatic rings. The number of amides is 1. The van der Waals surface area contributed by atoms with Crippen molar-refractivity contribution >= 4 is 12.1 Å². The van der Waals surface area contributed by atoms with E-state index in [-0.39, 0.29) is 0 Å². The molecule has 0 aliphatic heterocycles. The fraction of sp³-hybridized carbons (Fsp3) is 0.533. The summed E-state index contributed by atoms with van der Waals surface area (Å²) in [6, 6.07) is 7.36. The van der Waals surface area contributed by atoms with Gasteiger partial charge in [-0.15, -0.1) is 0 Å². The van der Waals surface area contributed by atoms with Crippen molar-refractivity contribution in [2.45, 2.75) is 39.5 Å². The highest BCUT2D eigenvalue weighted by molar-refractivity contribution is 5.71. The quantitative estimate of drug-likeness (QED) is 0.676. The molecule has 1 N–H and O–H groups in total. The van der Waals surface area contributed by atoms with Gasteiger partial charge in [-0.2, -0.15) is 0 Å². The molecule has 18 heavy (non-hydrogen) atoms. The molecule has 1 radical (unpaired) electrons. The van der Waals surface area contributed by atoms with Crippen LogP contribution in [-0.4, -0.2) is 13.0 Å². The second-order valence-corrected chi connectivity index (χ2v) is 4.48. The van der Waals surface area contributed by atoms with Gasteiger partial charge in [-0.25, -0.2) is 0 Å². The Bertz CT molecular complexity index is 335. The molecule has 3 nitrogen and oxygen atoms in total. The molecule has 1 aromatic carbocycles. The molecule has 1 rings (SSSR count). The Hall–Kier alpha value is -1.51. The second kappa shape index (κ2) is 8.56. The predicted molar refractivity (Wildman–Crippen MR) is 74.6 cm³/mol. The van der Waals surface area contributed by atoms with Crippen LogP contribution >= 0.6 is 0 Å². The standard InChI is InChI=1S/C15H22NO2/c1-3-5-6-13(4-2)11-18-15-9-7-14(8-10-15)16-12-17/h7-10,13H,3-6,11H2,1-2H3,(H,16,17). The van der Waals surface area contributed by atoms with Crippen LogP contribution in [0, 0.1) is 5.92 Å². The van der Waals surface area contributed by atoms with Crippen LogP contribution in [0.15, 0.2) is 24.3 Å². The summed E-state index contributed by atoms with van der Waals surface area (Å²) in [6.07, 6.45) is 6.53. The van der Waals surface area contributed by atoms with Crippen LogP contribution in [-0.2, 0) is 4.79 Å². The zero-order chi connectivity index (χ0) is 13.2. The van der Waals surface area contributed by atoms with Crippen LogP contribution in [0.5, 0.6) is 5.75 Å². The van der Waals surface area contributed by atoms with Gasteiger partial charge in [-0.1, -0.05) is 33.1 Å². The zero-order valence-electron chi connectivity index (χ0n) is 11.2. The minimum atomic E-state index is 0.631. The number of rotatable bonds is 9. The molecular formula is C15H22NO2. The number of carbonyl (C=O) groups excluding carboxylic acids is 1. The maximum atomic E-state index is 10.1. The minimum Gasteiger partial charge on any atom is -0.493 e. The number of unbranched alkanes of at least 4 members (excludes halogenated alkanes) is 1. The van der Waals surface area contributed by atoms with Gasteiger partial charge < -0.3 is 10.1 Å². The van der Waals surface area contributed by atoms with Crippen LogP contribution < -0.4 is 10.1 Å². The summed E-state index contributed by atoms with van der Waals surface area (Å²) in [5.41, 5.74) is 0.732. The zero-order valence-corrected chi connectivity index (χ0v) is 11.2. The summed E-state index contributed by atoms with van der Waals surface area (Å²) in [6.45, 7) is 5.18. The third kappa shape index (κ3) is 5.21. The van der Waals surface area contributed by atoms with Crippen LogP contribution in [0.3, 0.4) is 0 Å². The molecule has 0 heterocycles. The fourth-order valence-corrected chi connectivity index (χ4v) is 1.81. The summed E-state index contributed by atoms with van der Waals surface area (Å²) in [4.78, 5) is 10.1. The van der Waals surface area contributed by atoms with Crippen molar-refractivity contribution in [1.29, 1.82) is 0 Å². The maximum Gasteiger partial charge on any atom is 0.314 e. The normalized spacial score (nSPS) is 11.9. The highest BCUT2D eigenvalue weighted by atomic mass is 16.5. The van der Waals surface area contributed by atoms with Crippen molar-refractivity contribution in [2.75, 3.05) is 11.9 Å². The number of hydrogen-bond acceptors (Lipinski definition) is 2. The molecule has 3 heteroatoms. The largest absolute Gasteiger partial charge is 0.493 e. The van der Waals surface area contributed by atoms with E-state index in [4.69, 9.17) is 4.74 Å². The first-order valence-corrected chi connectivity index (χ1v) is 6.66. The first-order chi connectivity index (χ1) is 8.80. The van der Waals surface area contributed by atoms with E-state index in [0.717, 1.165) is 24.5 Å². The van der Waals surface area contributed by atoms with E-state index >= 15 is 0 Å². The fourth-order valence-electron chi connectivity index (χ4n) is 1.81. The van der Waals surface area contributed by atoms with E-state index in [1.165, 1.54) is 19.3 Å². The Morgan fingerprint density at radius 3 is 2.56 bits per heavy atom. The van der Waals surface area contributed by atoms with Crippen LogP contribution in [0.2, 0.25) is 0 Å². The minimum absolute atomic E-state index is 0.631. The summed E-state index contributed by atoms with van der Waals surface area (Å²) >= 11 is 0. The molecule has 0 bridgehead atoms. The van der Waals surface area contributed by atoms with Gasteiger partial charge in [0.15, 0.2) is 0 Å². The van der Waals surface area contributed by atoms with Gasteiger partial charge in [-0.3, -0.25) is 4.79 Å². The lowest BCUT2D eigenvalue weighted by Gasteiger charge is -2.15. The molecule has 99 valence electrons.